The van der Waals surface area contributed by atoms with E-state index in [0.717, 1.165) is 18.3 Å². The van der Waals surface area contributed by atoms with E-state index in [9.17, 15) is 27.2 Å². The molecule has 0 unspecified atom stereocenters. The number of ether oxygens (including phenoxy) is 1. The molecule has 1 aromatic heterocycles. The summed E-state index contributed by atoms with van der Waals surface area (Å²) in [5.41, 5.74) is -2.32. The van der Waals surface area contributed by atoms with Gasteiger partial charge < -0.3 is 15.4 Å². The van der Waals surface area contributed by atoms with Crippen molar-refractivity contribution in [3.8, 4) is 5.75 Å². The normalized spacial score (nSPS) is 23.9. The Balaban J connectivity index is 1.26. The molecule has 11 heteroatoms. The predicted molar refractivity (Wildman–Crippen MR) is 101 cm³/mol. The molecular formula is C20H16ClF4N3O3. The molecule has 3 fully saturated rings. The molecule has 6 nitrogen and oxygen atoms in total. The van der Waals surface area contributed by atoms with Gasteiger partial charge in [0.25, 0.3) is 11.8 Å². The van der Waals surface area contributed by atoms with E-state index >= 15 is 0 Å². The fourth-order valence-corrected chi connectivity index (χ4v) is 4.25. The van der Waals surface area contributed by atoms with E-state index in [4.69, 9.17) is 16.3 Å². The summed E-state index contributed by atoms with van der Waals surface area (Å²) in [6.45, 7) is -0.323. The zero-order chi connectivity index (χ0) is 22.4. The van der Waals surface area contributed by atoms with Gasteiger partial charge in [0.05, 0.1) is 10.6 Å². The van der Waals surface area contributed by atoms with Gasteiger partial charge in [0.2, 0.25) is 0 Å². The van der Waals surface area contributed by atoms with Crippen LogP contribution in [0.4, 0.5) is 17.6 Å². The second-order valence-electron chi connectivity index (χ2n) is 7.89. The van der Waals surface area contributed by atoms with Crippen LogP contribution in [-0.2, 0) is 11.0 Å². The first-order valence-electron chi connectivity index (χ1n) is 9.24. The molecule has 3 aliphatic rings. The highest BCUT2D eigenvalue weighted by molar-refractivity contribution is 6.30. The molecular weight excluding hydrogens is 442 g/mol. The molecule has 0 saturated heterocycles. The quantitative estimate of drug-likeness (QED) is 0.651. The summed E-state index contributed by atoms with van der Waals surface area (Å²) in [5.74, 6) is -1.60. The number of halogens is 5. The molecule has 2 aromatic rings. The van der Waals surface area contributed by atoms with Crippen molar-refractivity contribution < 1.29 is 31.9 Å². The summed E-state index contributed by atoms with van der Waals surface area (Å²) in [7, 11) is 0. The summed E-state index contributed by atoms with van der Waals surface area (Å²) in [5, 5.41) is 5.48. The number of benzene rings is 1. The zero-order valence-corrected chi connectivity index (χ0v) is 16.6. The molecule has 0 aliphatic heterocycles. The number of nitrogens with one attached hydrogen (secondary N) is 2. The van der Waals surface area contributed by atoms with Crippen molar-refractivity contribution in [3.63, 3.8) is 0 Å². The molecule has 2 bridgehead atoms. The van der Waals surface area contributed by atoms with Crippen LogP contribution in [0.3, 0.4) is 0 Å². The van der Waals surface area contributed by atoms with Gasteiger partial charge in [-0.3, -0.25) is 14.6 Å². The van der Waals surface area contributed by atoms with Gasteiger partial charge in [-0.2, -0.15) is 13.2 Å². The van der Waals surface area contributed by atoms with Gasteiger partial charge in [-0.05, 0) is 43.5 Å². The Morgan fingerprint density at radius 3 is 2.42 bits per heavy atom. The van der Waals surface area contributed by atoms with Crippen LogP contribution in [0.15, 0.2) is 36.5 Å². The number of nitrogens with zero attached hydrogens (tertiary/aromatic N) is 1. The number of amides is 2. The highest BCUT2D eigenvalue weighted by atomic mass is 35.5. The van der Waals surface area contributed by atoms with Crippen LogP contribution in [0.25, 0.3) is 0 Å². The smallest absolute Gasteiger partial charge is 0.416 e. The van der Waals surface area contributed by atoms with E-state index in [1.54, 1.807) is 0 Å². The maximum atomic E-state index is 13.4. The zero-order valence-electron chi connectivity index (χ0n) is 15.9. The fraction of sp³-hybridized carbons (Fsp3) is 0.350. The lowest BCUT2D eigenvalue weighted by molar-refractivity contribution is -0.141. The lowest BCUT2D eigenvalue weighted by Gasteiger charge is -2.70. The Labute approximate surface area is 178 Å². The number of aromatic nitrogens is 1. The number of carbonyl (C=O) groups excluding carboxylic acids is 2. The first-order chi connectivity index (χ1) is 14.5. The number of hydrogen-bond donors (Lipinski definition) is 2. The Morgan fingerprint density at radius 1 is 1.10 bits per heavy atom. The van der Waals surface area contributed by atoms with Crippen molar-refractivity contribution in [2.24, 2.45) is 0 Å². The molecule has 3 saturated carbocycles. The van der Waals surface area contributed by atoms with Crippen LogP contribution >= 0.6 is 11.6 Å². The molecule has 0 spiro atoms. The molecule has 164 valence electrons. The van der Waals surface area contributed by atoms with Crippen LogP contribution in [0.5, 0.6) is 5.75 Å². The van der Waals surface area contributed by atoms with Crippen molar-refractivity contribution in [2.75, 3.05) is 6.61 Å². The molecule has 0 atom stereocenters. The second kappa shape index (κ2) is 7.37. The fourth-order valence-electron chi connectivity index (χ4n) is 4.14. The lowest BCUT2D eigenvalue weighted by atomic mass is 9.44. The third-order valence-corrected chi connectivity index (χ3v) is 5.70. The van der Waals surface area contributed by atoms with Crippen LogP contribution in [0.2, 0.25) is 5.02 Å². The molecule has 1 aromatic carbocycles. The Morgan fingerprint density at radius 2 is 1.77 bits per heavy atom. The third kappa shape index (κ3) is 4.30. The van der Waals surface area contributed by atoms with Gasteiger partial charge in [-0.1, -0.05) is 11.6 Å². The van der Waals surface area contributed by atoms with E-state index in [-0.39, 0.29) is 23.1 Å². The van der Waals surface area contributed by atoms with Crippen LogP contribution in [0.1, 0.15) is 35.3 Å². The van der Waals surface area contributed by atoms with E-state index in [2.05, 4.69) is 15.6 Å². The number of hydrogen-bond acceptors (Lipinski definition) is 4. The molecule has 2 N–H and O–H groups in total. The van der Waals surface area contributed by atoms with Gasteiger partial charge in [-0.15, -0.1) is 0 Å². The van der Waals surface area contributed by atoms with Crippen LogP contribution in [0, 0.1) is 5.82 Å². The van der Waals surface area contributed by atoms with E-state index in [1.807, 2.05) is 0 Å². The molecule has 2 amide bonds. The lowest BCUT2D eigenvalue weighted by Crippen LogP contribution is -2.84. The number of rotatable bonds is 6. The highest BCUT2D eigenvalue weighted by Crippen LogP contribution is 2.60. The van der Waals surface area contributed by atoms with Crippen molar-refractivity contribution in [1.82, 2.24) is 15.6 Å². The first kappa shape index (κ1) is 21.4. The third-order valence-electron chi connectivity index (χ3n) is 5.39. The second-order valence-corrected chi connectivity index (χ2v) is 8.29. The first-order valence-corrected chi connectivity index (χ1v) is 9.62. The van der Waals surface area contributed by atoms with Crippen molar-refractivity contribution in [2.45, 2.75) is 36.5 Å². The van der Waals surface area contributed by atoms with E-state index < -0.39 is 40.4 Å². The molecule has 1 heterocycles. The maximum absolute atomic E-state index is 13.4. The SMILES string of the molecule is O=C(COc1ccc(Cl)c(F)c1)NC12CC(NC(=O)c3cc(C(F)(F)F)ccn3)(C1)C2. The summed E-state index contributed by atoms with van der Waals surface area (Å²) in [6.07, 6.45) is -2.28. The monoisotopic (exact) mass is 457 g/mol. The minimum absolute atomic E-state index is 0.0571. The van der Waals surface area contributed by atoms with Crippen LogP contribution in [-0.4, -0.2) is 34.5 Å². The van der Waals surface area contributed by atoms with Gasteiger partial charge in [0.1, 0.15) is 17.3 Å². The molecule has 3 aliphatic carbocycles. The molecule has 5 rings (SSSR count). The summed E-state index contributed by atoms with van der Waals surface area (Å²) in [4.78, 5) is 28.1. The summed E-state index contributed by atoms with van der Waals surface area (Å²) >= 11 is 5.58. The minimum Gasteiger partial charge on any atom is -0.484 e. The number of alkyl halides is 3. The van der Waals surface area contributed by atoms with Crippen molar-refractivity contribution in [3.05, 3.63) is 58.6 Å². The van der Waals surface area contributed by atoms with Gasteiger partial charge in [0.15, 0.2) is 6.61 Å². The standard InChI is InChI=1S/C20H16ClF4N3O3/c21-13-2-1-12(6-14(13)22)31-7-16(29)27-18-8-19(9-18,10-18)28-17(30)15-5-11(3-4-26-15)20(23,24)25/h1-6H,7-10H2,(H,27,29)(H,28,30). The number of pyridine rings is 1. The summed E-state index contributed by atoms with van der Waals surface area (Å²) in [6, 6.07) is 5.32. The Hall–Kier alpha value is -2.88. The molecule has 0 radical (unpaired) electrons. The minimum atomic E-state index is -4.57. The van der Waals surface area contributed by atoms with Crippen LogP contribution < -0.4 is 15.4 Å². The van der Waals surface area contributed by atoms with E-state index in [0.29, 0.717) is 25.3 Å². The van der Waals surface area contributed by atoms with E-state index in [1.165, 1.54) is 12.1 Å². The van der Waals surface area contributed by atoms with Crippen molar-refractivity contribution >= 4 is 23.4 Å². The Kier molecular flexibility index (Phi) is 5.07. The van der Waals surface area contributed by atoms with Crippen molar-refractivity contribution in [1.29, 1.82) is 0 Å². The van der Waals surface area contributed by atoms with Gasteiger partial charge in [0, 0.05) is 23.3 Å². The van der Waals surface area contributed by atoms with Gasteiger partial charge in [-0.25, -0.2) is 4.39 Å². The topological polar surface area (TPSA) is 80.3 Å². The Bertz CT molecular complexity index is 1040. The molecule has 31 heavy (non-hydrogen) atoms. The summed E-state index contributed by atoms with van der Waals surface area (Å²) < 4.78 is 57.0. The maximum Gasteiger partial charge on any atom is 0.416 e. The highest BCUT2D eigenvalue weighted by Gasteiger charge is 2.69. The average molecular weight is 458 g/mol. The predicted octanol–water partition coefficient (Wildman–Crippen LogP) is 3.49. The largest absolute Gasteiger partial charge is 0.484 e. The average Bonchev–Trinajstić information content (AvgIpc) is 2.65. The van der Waals surface area contributed by atoms with Gasteiger partial charge >= 0.3 is 6.18 Å². The number of carbonyl (C=O) groups is 2.